The molecule has 130 valence electrons. The first-order chi connectivity index (χ1) is 12.0. The predicted octanol–water partition coefficient (Wildman–Crippen LogP) is 3.62. The summed E-state index contributed by atoms with van der Waals surface area (Å²) >= 11 is 0. The van der Waals surface area contributed by atoms with Crippen LogP contribution in [0.15, 0.2) is 48.5 Å². The summed E-state index contributed by atoms with van der Waals surface area (Å²) in [5.74, 6) is -0.421. The van der Waals surface area contributed by atoms with Gasteiger partial charge in [-0.1, -0.05) is 6.07 Å². The van der Waals surface area contributed by atoms with Crippen LogP contribution in [0.4, 0.5) is 5.69 Å². The van der Waals surface area contributed by atoms with Gasteiger partial charge in [0.1, 0.15) is 0 Å². The Balaban J connectivity index is 2.15. The summed E-state index contributed by atoms with van der Waals surface area (Å²) in [5.41, 5.74) is 2.08. The lowest BCUT2D eigenvalue weighted by Gasteiger charge is -2.18. The van der Waals surface area contributed by atoms with E-state index in [2.05, 4.69) is 5.32 Å². The molecule has 5 heteroatoms. The predicted molar refractivity (Wildman–Crippen MR) is 98.1 cm³/mol. The minimum absolute atomic E-state index is 0.0273. The summed E-state index contributed by atoms with van der Waals surface area (Å²) in [5, 5.41) is 2.77. The summed E-state index contributed by atoms with van der Waals surface area (Å²) in [7, 11) is 0. The highest BCUT2D eigenvalue weighted by molar-refractivity contribution is 6.06. The SMILES string of the molecule is CCN(CC)C(=O)c1cccc(C(=O)Nc2ccc(C(C)=O)cc2)c1. The highest BCUT2D eigenvalue weighted by Gasteiger charge is 2.15. The van der Waals surface area contributed by atoms with E-state index in [9.17, 15) is 14.4 Å². The number of rotatable bonds is 6. The summed E-state index contributed by atoms with van der Waals surface area (Å²) in [6.07, 6.45) is 0. The van der Waals surface area contributed by atoms with Crippen molar-refractivity contribution in [2.75, 3.05) is 18.4 Å². The lowest BCUT2D eigenvalue weighted by atomic mass is 10.1. The molecule has 0 aliphatic carbocycles. The van der Waals surface area contributed by atoms with E-state index < -0.39 is 0 Å². The van der Waals surface area contributed by atoms with Crippen molar-refractivity contribution in [3.05, 3.63) is 65.2 Å². The normalized spacial score (nSPS) is 10.2. The number of carbonyl (C=O) groups is 3. The third kappa shape index (κ3) is 4.53. The van der Waals surface area contributed by atoms with Crippen molar-refractivity contribution >= 4 is 23.3 Å². The number of ketones is 1. The number of hydrogen-bond acceptors (Lipinski definition) is 3. The Morgan fingerprint density at radius 1 is 0.880 bits per heavy atom. The van der Waals surface area contributed by atoms with Crippen molar-refractivity contribution in [2.24, 2.45) is 0 Å². The van der Waals surface area contributed by atoms with E-state index >= 15 is 0 Å². The molecule has 5 nitrogen and oxygen atoms in total. The van der Waals surface area contributed by atoms with E-state index in [0.29, 0.717) is 35.5 Å². The topological polar surface area (TPSA) is 66.5 Å². The molecule has 0 spiro atoms. The summed E-state index contributed by atoms with van der Waals surface area (Å²) in [4.78, 5) is 37.8. The quantitative estimate of drug-likeness (QED) is 0.818. The van der Waals surface area contributed by atoms with Gasteiger partial charge in [-0.25, -0.2) is 0 Å². The molecule has 0 aliphatic heterocycles. The van der Waals surface area contributed by atoms with Gasteiger partial charge < -0.3 is 10.2 Å². The van der Waals surface area contributed by atoms with Crippen molar-refractivity contribution in [3.8, 4) is 0 Å². The van der Waals surface area contributed by atoms with Gasteiger partial charge in [0, 0.05) is 35.5 Å². The smallest absolute Gasteiger partial charge is 0.255 e. The first-order valence-electron chi connectivity index (χ1n) is 8.28. The standard InChI is InChI=1S/C20H22N2O3/c1-4-22(5-2)20(25)17-8-6-7-16(13-17)19(24)21-18-11-9-15(10-12-18)14(3)23/h6-13H,4-5H2,1-3H3,(H,21,24). The van der Waals surface area contributed by atoms with Crippen LogP contribution in [0.2, 0.25) is 0 Å². The third-order valence-corrected chi connectivity index (χ3v) is 3.97. The largest absolute Gasteiger partial charge is 0.339 e. The van der Waals surface area contributed by atoms with E-state index in [4.69, 9.17) is 0 Å². The van der Waals surface area contributed by atoms with E-state index in [1.165, 1.54) is 6.92 Å². The summed E-state index contributed by atoms with van der Waals surface area (Å²) < 4.78 is 0. The van der Waals surface area contributed by atoms with Crippen molar-refractivity contribution in [1.82, 2.24) is 4.90 Å². The maximum Gasteiger partial charge on any atom is 0.255 e. The fourth-order valence-electron chi connectivity index (χ4n) is 2.48. The Labute approximate surface area is 147 Å². The molecule has 2 rings (SSSR count). The first kappa shape index (κ1) is 18.4. The van der Waals surface area contributed by atoms with Gasteiger partial charge in [0.15, 0.2) is 5.78 Å². The van der Waals surface area contributed by atoms with Crippen LogP contribution in [-0.4, -0.2) is 35.6 Å². The molecule has 0 aromatic heterocycles. The summed E-state index contributed by atoms with van der Waals surface area (Å²) in [6, 6.07) is 13.4. The van der Waals surface area contributed by atoms with Crippen molar-refractivity contribution < 1.29 is 14.4 Å². The van der Waals surface area contributed by atoms with Gasteiger partial charge >= 0.3 is 0 Å². The number of hydrogen-bond donors (Lipinski definition) is 1. The van der Waals surface area contributed by atoms with Gasteiger partial charge in [-0.3, -0.25) is 14.4 Å². The minimum Gasteiger partial charge on any atom is -0.339 e. The highest BCUT2D eigenvalue weighted by Crippen LogP contribution is 2.14. The Kier molecular flexibility index (Phi) is 6.06. The molecule has 2 amide bonds. The lowest BCUT2D eigenvalue weighted by Crippen LogP contribution is -2.30. The number of benzene rings is 2. The number of anilines is 1. The number of amides is 2. The van der Waals surface area contributed by atoms with Gasteiger partial charge in [-0.05, 0) is 63.2 Å². The van der Waals surface area contributed by atoms with Gasteiger partial charge in [0.2, 0.25) is 0 Å². The van der Waals surface area contributed by atoms with E-state index in [1.54, 1.807) is 53.4 Å². The van der Waals surface area contributed by atoms with E-state index in [0.717, 1.165) is 0 Å². The van der Waals surface area contributed by atoms with Crippen molar-refractivity contribution in [3.63, 3.8) is 0 Å². The van der Waals surface area contributed by atoms with E-state index in [1.807, 2.05) is 13.8 Å². The number of carbonyl (C=O) groups excluding carboxylic acids is 3. The zero-order valence-electron chi connectivity index (χ0n) is 14.7. The molecule has 2 aromatic carbocycles. The van der Waals surface area contributed by atoms with Crippen LogP contribution in [0.5, 0.6) is 0 Å². The second kappa shape index (κ2) is 8.24. The summed E-state index contributed by atoms with van der Waals surface area (Å²) in [6.45, 7) is 6.57. The molecule has 0 aliphatic rings. The number of nitrogens with zero attached hydrogens (tertiary/aromatic N) is 1. The third-order valence-electron chi connectivity index (χ3n) is 3.97. The van der Waals surface area contributed by atoms with Crippen LogP contribution in [0.1, 0.15) is 51.8 Å². The Bertz CT molecular complexity index is 778. The molecule has 0 atom stereocenters. The number of nitrogens with one attached hydrogen (secondary N) is 1. The van der Waals surface area contributed by atoms with Gasteiger partial charge in [0.05, 0.1) is 0 Å². The molecule has 2 aromatic rings. The van der Waals surface area contributed by atoms with Crippen LogP contribution >= 0.6 is 0 Å². The molecular formula is C20H22N2O3. The zero-order chi connectivity index (χ0) is 18.4. The molecule has 0 heterocycles. The Hall–Kier alpha value is -2.95. The average molecular weight is 338 g/mol. The van der Waals surface area contributed by atoms with Crippen molar-refractivity contribution in [2.45, 2.75) is 20.8 Å². The Morgan fingerprint density at radius 2 is 1.48 bits per heavy atom. The second-order valence-corrected chi connectivity index (χ2v) is 5.65. The first-order valence-corrected chi connectivity index (χ1v) is 8.28. The fourth-order valence-corrected chi connectivity index (χ4v) is 2.48. The molecule has 0 unspecified atom stereocenters. The molecule has 0 saturated carbocycles. The zero-order valence-corrected chi connectivity index (χ0v) is 14.7. The molecular weight excluding hydrogens is 316 g/mol. The molecule has 1 N–H and O–H groups in total. The minimum atomic E-state index is -0.301. The molecule has 0 bridgehead atoms. The van der Waals surface area contributed by atoms with Crippen LogP contribution in [-0.2, 0) is 0 Å². The van der Waals surface area contributed by atoms with Crippen molar-refractivity contribution in [1.29, 1.82) is 0 Å². The average Bonchev–Trinajstić information content (AvgIpc) is 2.63. The van der Waals surface area contributed by atoms with Gasteiger partial charge in [-0.2, -0.15) is 0 Å². The maximum absolute atomic E-state index is 12.4. The fraction of sp³-hybridized carbons (Fsp3) is 0.250. The Morgan fingerprint density at radius 3 is 2.04 bits per heavy atom. The van der Waals surface area contributed by atoms with Crippen LogP contribution in [0.25, 0.3) is 0 Å². The number of Topliss-reactive ketones (excluding diaryl/α,β-unsaturated/α-hetero) is 1. The van der Waals surface area contributed by atoms with Gasteiger partial charge in [0.25, 0.3) is 11.8 Å². The second-order valence-electron chi connectivity index (χ2n) is 5.65. The lowest BCUT2D eigenvalue weighted by molar-refractivity contribution is 0.0772. The monoisotopic (exact) mass is 338 g/mol. The molecule has 0 saturated heterocycles. The van der Waals surface area contributed by atoms with Crippen LogP contribution < -0.4 is 5.32 Å². The van der Waals surface area contributed by atoms with Crippen LogP contribution in [0, 0.1) is 0 Å². The van der Waals surface area contributed by atoms with Crippen LogP contribution in [0.3, 0.4) is 0 Å². The molecule has 0 radical (unpaired) electrons. The molecule has 25 heavy (non-hydrogen) atoms. The van der Waals surface area contributed by atoms with Gasteiger partial charge in [-0.15, -0.1) is 0 Å². The maximum atomic E-state index is 12.4. The molecule has 0 fully saturated rings. The van der Waals surface area contributed by atoms with E-state index in [-0.39, 0.29) is 17.6 Å². The highest BCUT2D eigenvalue weighted by atomic mass is 16.2.